The van der Waals surface area contributed by atoms with E-state index in [0.717, 1.165) is 11.3 Å². The molecule has 0 aliphatic heterocycles. The summed E-state index contributed by atoms with van der Waals surface area (Å²) in [7, 11) is 0. The maximum absolute atomic E-state index is 12.3. The molecule has 1 unspecified atom stereocenters. The van der Waals surface area contributed by atoms with Crippen LogP contribution in [0.15, 0.2) is 22.7 Å². The van der Waals surface area contributed by atoms with Gasteiger partial charge in [0.1, 0.15) is 5.76 Å². The number of aromatic nitrogens is 1. The van der Waals surface area contributed by atoms with Gasteiger partial charge in [-0.15, -0.1) is 0 Å². The summed E-state index contributed by atoms with van der Waals surface area (Å²) in [6, 6.07) is 4.73. The van der Waals surface area contributed by atoms with Crippen LogP contribution in [0, 0.1) is 13.8 Å². The second-order valence-electron chi connectivity index (χ2n) is 4.64. The van der Waals surface area contributed by atoms with Crippen molar-refractivity contribution >= 4 is 23.2 Å². The number of benzene rings is 1. The summed E-state index contributed by atoms with van der Waals surface area (Å²) in [6.45, 7) is 5.50. The van der Waals surface area contributed by atoms with Gasteiger partial charge >= 0.3 is 0 Å². The number of hydrogen-bond donors (Lipinski definition) is 2. The lowest BCUT2D eigenvalue weighted by atomic mass is 10.1. The minimum absolute atomic E-state index is 0.246. The Hall–Kier alpha value is -2.01. The number of amides is 1. The van der Waals surface area contributed by atoms with Crippen molar-refractivity contribution in [1.29, 1.82) is 0 Å². The molecule has 1 heterocycles. The standard InChI is InChI=1S/C14H16ClN3O2/c1-7(12-8(2)18-20-9(12)3)17-14(19)13-10(15)5-4-6-11(13)16/h4-7H,16H2,1-3H3,(H,17,19). The molecule has 0 spiro atoms. The van der Waals surface area contributed by atoms with E-state index in [-0.39, 0.29) is 17.5 Å². The first-order valence-electron chi connectivity index (χ1n) is 6.19. The van der Waals surface area contributed by atoms with Crippen LogP contribution >= 0.6 is 11.6 Å². The van der Waals surface area contributed by atoms with Gasteiger partial charge in [-0.1, -0.05) is 22.8 Å². The minimum atomic E-state index is -0.319. The first-order valence-corrected chi connectivity index (χ1v) is 6.57. The number of nitrogens with one attached hydrogen (secondary N) is 1. The number of carbonyl (C=O) groups is 1. The van der Waals surface area contributed by atoms with Crippen LogP contribution in [0.5, 0.6) is 0 Å². The third kappa shape index (κ3) is 2.63. The van der Waals surface area contributed by atoms with Gasteiger partial charge in [-0.05, 0) is 32.9 Å². The molecule has 0 saturated carbocycles. The summed E-state index contributed by atoms with van der Waals surface area (Å²) in [5.74, 6) is 0.364. The highest BCUT2D eigenvalue weighted by Crippen LogP contribution is 2.25. The van der Waals surface area contributed by atoms with Crippen LogP contribution in [-0.4, -0.2) is 11.1 Å². The molecule has 0 saturated heterocycles. The van der Waals surface area contributed by atoms with E-state index in [1.165, 1.54) is 0 Å². The molecule has 0 aliphatic carbocycles. The van der Waals surface area contributed by atoms with Gasteiger partial charge in [0.2, 0.25) is 0 Å². The number of anilines is 1. The average Bonchev–Trinajstić information content (AvgIpc) is 2.68. The van der Waals surface area contributed by atoms with E-state index in [4.69, 9.17) is 21.9 Å². The van der Waals surface area contributed by atoms with Gasteiger partial charge < -0.3 is 15.6 Å². The molecule has 1 atom stereocenters. The Kier molecular flexibility index (Phi) is 3.99. The summed E-state index contributed by atoms with van der Waals surface area (Å²) >= 11 is 6.02. The van der Waals surface area contributed by atoms with E-state index in [2.05, 4.69) is 10.5 Å². The topological polar surface area (TPSA) is 81.2 Å². The molecule has 106 valence electrons. The van der Waals surface area contributed by atoms with E-state index in [1.54, 1.807) is 18.2 Å². The van der Waals surface area contributed by atoms with E-state index in [9.17, 15) is 4.79 Å². The zero-order valence-corrected chi connectivity index (χ0v) is 12.3. The number of hydrogen-bond acceptors (Lipinski definition) is 4. The molecular formula is C14H16ClN3O2. The fraction of sp³-hybridized carbons (Fsp3) is 0.286. The first-order chi connectivity index (χ1) is 9.41. The lowest BCUT2D eigenvalue weighted by Gasteiger charge is -2.15. The Labute approximate surface area is 122 Å². The molecule has 20 heavy (non-hydrogen) atoms. The van der Waals surface area contributed by atoms with E-state index in [1.807, 2.05) is 20.8 Å². The number of nitrogen functional groups attached to an aromatic ring is 1. The molecule has 0 aliphatic rings. The number of nitrogens with two attached hydrogens (primary N) is 1. The minimum Gasteiger partial charge on any atom is -0.398 e. The number of nitrogens with zero attached hydrogens (tertiary/aromatic N) is 1. The molecule has 3 N–H and O–H groups in total. The van der Waals surface area contributed by atoms with Gasteiger partial charge in [0, 0.05) is 11.3 Å². The number of carbonyl (C=O) groups excluding carboxylic acids is 1. The Morgan fingerprint density at radius 3 is 2.70 bits per heavy atom. The van der Waals surface area contributed by atoms with Gasteiger partial charge in [-0.25, -0.2) is 0 Å². The number of rotatable bonds is 3. The molecule has 0 fully saturated rings. The SMILES string of the molecule is Cc1noc(C)c1C(C)NC(=O)c1c(N)cccc1Cl. The maximum Gasteiger partial charge on any atom is 0.255 e. The Morgan fingerprint density at radius 1 is 1.45 bits per heavy atom. The molecule has 2 rings (SSSR count). The zero-order chi connectivity index (χ0) is 14.9. The predicted octanol–water partition coefficient (Wildman–Crippen LogP) is 3.02. The lowest BCUT2D eigenvalue weighted by Crippen LogP contribution is -2.28. The third-order valence-electron chi connectivity index (χ3n) is 3.14. The van der Waals surface area contributed by atoms with Crippen LogP contribution < -0.4 is 11.1 Å². The summed E-state index contributed by atoms with van der Waals surface area (Å²) in [6.07, 6.45) is 0. The second kappa shape index (κ2) is 5.54. The average molecular weight is 294 g/mol. The van der Waals surface area contributed by atoms with Crippen molar-refractivity contribution in [3.05, 3.63) is 45.8 Å². The second-order valence-corrected chi connectivity index (χ2v) is 5.04. The van der Waals surface area contributed by atoms with Crippen molar-refractivity contribution in [3.63, 3.8) is 0 Å². The van der Waals surface area contributed by atoms with Gasteiger partial charge in [0.05, 0.1) is 22.3 Å². The quantitative estimate of drug-likeness (QED) is 0.852. The highest BCUT2D eigenvalue weighted by atomic mass is 35.5. The number of halogens is 1. The molecule has 0 radical (unpaired) electrons. The summed E-state index contributed by atoms with van der Waals surface area (Å²) in [5, 5.41) is 7.06. The van der Waals surface area contributed by atoms with Crippen molar-refractivity contribution < 1.29 is 9.32 Å². The predicted molar refractivity (Wildman–Crippen MR) is 77.7 cm³/mol. The van der Waals surface area contributed by atoms with Crippen LogP contribution in [0.25, 0.3) is 0 Å². The normalized spacial score (nSPS) is 12.2. The van der Waals surface area contributed by atoms with Crippen molar-refractivity contribution in [2.24, 2.45) is 0 Å². The van der Waals surface area contributed by atoms with Crippen LogP contribution in [0.1, 0.15) is 40.3 Å². The van der Waals surface area contributed by atoms with Gasteiger partial charge in [-0.3, -0.25) is 4.79 Å². The van der Waals surface area contributed by atoms with Crippen molar-refractivity contribution in [2.75, 3.05) is 5.73 Å². The van der Waals surface area contributed by atoms with E-state index >= 15 is 0 Å². The largest absolute Gasteiger partial charge is 0.398 e. The molecule has 1 aromatic heterocycles. The molecule has 5 nitrogen and oxygen atoms in total. The van der Waals surface area contributed by atoms with E-state index in [0.29, 0.717) is 16.5 Å². The smallest absolute Gasteiger partial charge is 0.255 e. The summed E-state index contributed by atoms with van der Waals surface area (Å²) in [4.78, 5) is 12.3. The van der Waals surface area contributed by atoms with Gasteiger partial charge in [-0.2, -0.15) is 0 Å². The molecule has 1 aromatic carbocycles. The first kappa shape index (κ1) is 14.4. The van der Waals surface area contributed by atoms with Crippen molar-refractivity contribution in [3.8, 4) is 0 Å². The molecule has 1 amide bonds. The van der Waals surface area contributed by atoms with Crippen LogP contribution in [0.3, 0.4) is 0 Å². The van der Waals surface area contributed by atoms with Crippen molar-refractivity contribution in [1.82, 2.24) is 10.5 Å². The van der Waals surface area contributed by atoms with Gasteiger partial charge in [0.25, 0.3) is 5.91 Å². The highest BCUT2D eigenvalue weighted by Gasteiger charge is 2.21. The lowest BCUT2D eigenvalue weighted by molar-refractivity contribution is 0.0940. The molecule has 2 aromatic rings. The zero-order valence-electron chi connectivity index (χ0n) is 11.5. The Balaban J connectivity index is 2.24. The maximum atomic E-state index is 12.3. The third-order valence-corrected chi connectivity index (χ3v) is 3.46. The highest BCUT2D eigenvalue weighted by molar-refractivity contribution is 6.34. The Morgan fingerprint density at radius 2 is 2.15 bits per heavy atom. The van der Waals surface area contributed by atoms with Crippen LogP contribution in [0.2, 0.25) is 5.02 Å². The van der Waals surface area contributed by atoms with Gasteiger partial charge in [0.15, 0.2) is 0 Å². The summed E-state index contributed by atoms with van der Waals surface area (Å²) < 4.78 is 5.10. The van der Waals surface area contributed by atoms with Crippen molar-refractivity contribution in [2.45, 2.75) is 26.8 Å². The van der Waals surface area contributed by atoms with Crippen LogP contribution in [-0.2, 0) is 0 Å². The fourth-order valence-corrected chi connectivity index (χ4v) is 2.50. The molecule has 6 heteroatoms. The molecular weight excluding hydrogens is 278 g/mol. The summed E-state index contributed by atoms with van der Waals surface area (Å²) in [5.41, 5.74) is 8.05. The molecule has 0 bridgehead atoms. The number of aryl methyl sites for hydroxylation is 2. The van der Waals surface area contributed by atoms with E-state index < -0.39 is 0 Å². The van der Waals surface area contributed by atoms with Crippen LogP contribution in [0.4, 0.5) is 5.69 Å². The fourth-order valence-electron chi connectivity index (χ4n) is 2.23. The monoisotopic (exact) mass is 293 g/mol. The Bertz CT molecular complexity index is 612.